The molecule has 1 rings (SSSR count). The molecule has 0 radical (unpaired) electrons. The molecule has 76 valence electrons. The van der Waals surface area contributed by atoms with Crippen LogP contribution in [0.4, 0.5) is 8.78 Å². The molecule has 6 heteroatoms. The standard InChI is InChI=1S/C8H5Cl2F2NO/c1-3-6(9)4(7(10)14)2-5(13-3)8(11)12/h2,8H,1H3. The summed E-state index contributed by atoms with van der Waals surface area (Å²) in [7, 11) is 0. The number of alkyl halides is 2. The Morgan fingerprint density at radius 1 is 1.57 bits per heavy atom. The van der Waals surface area contributed by atoms with E-state index in [1.165, 1.54) is 6.92 Å². The molecule has 0 aromatic carbocycles. The van der Waals surface area contributed by atoms with Crippen molar-refractivity contribution in [3.8, 4) is 0 Å². The van der Waals surface area contributed by atoms with E-state index in [1.54, 1.807) is 0 Å². The second kappa shape index (κ2) is 4.19. The highest BCUT2D eigenvalue weighted by molar-refractivity contribution is 6.68. The van der Waals surface area contributed by atoms with Crippen molar-refractivity contribution in [2.75, 3.05) is 0 Å². The quantitative estimate of drug-likeness (QED) is 0.742. The lowest BCUT2D eigenvalue weighted by atomic mass is 10.2. The van der Waals surface area contributed by atoms with Crippen molar-refractivity contribution in [1.82, 2.24) is 4.98 Å². The minimum Gasteiger partial charge on any atom is -0.276 e. The second-order valence-corrected chi connectivity index (χ2v) is 3.29. The Labute approximate surface area is 88.8 Å². The summed E-state index contributed by atoms with van der Waals surface area (Å²) in [5, 5.41) is -0.864. The number of hydrogen-bond donors (Lipinski definition) is 0. The zero-order valence-corrected chi connectivity index (χ0v) is 8.53. The van der Waals surface area contributed by atoms with Crippen LogP contribution < -0.4 is 0 Å². The lowest BCUT2D eigenvalue weighted by Gasteiger charge is -2.05. The van der Waals surface area contributed by atoms with Crippen LogP contribution in [0.15, 0.2) is 6.07 Å². The average Bonchev–Trinajstić information content (AvgIpc) is 2.08. The van der Waals surface area contributed by atoms with Gasteiger partial charge in [-0.2, -0.15) is 0 Å². The molecule has 0 unspecified atom stereocenters. The van der Waals surface area contributed by atoms with E-state index >= 15 is 0 Å². The van der Waals surface area contributed by atoms with E-state index < -0.39 is 17.4 Å². The molecule has 0 atom stereocenters. The molecule has 2 nitrogen and oxygen atoms in total. The van der Waals surface area contributed by atoms with Crippen molar-refractivity contribution in [1.29, 1.82) is 0 Å². The first-order chi connectivity index (χ1) is 6.43. The van der Waals surface area contributed by atoms with Crippen molar-refractivity contribution in [3.05, 3.63) is 28.0 Å². The van der Waals surface area contributed by atoms with E-state index in [0.717, 1.165) is 6.07 Å². The topological polar surface area (TPSA) is 30.0 Å². The molecule has 0 spiro atoms. The lowest BCUT2D eigenvalue weighted by molar-refractivity contribution is 0.108. The van der Waals surface area contributed by atoms with Gasteiger partial charge in [-0.3, -0.25) is 9.78 Å². The van der Waals surface area contributed by atoms with Crippen LogP contribution in [0.2, 0.25) is 5.02 Å². The first-order valence-corrected chi connectivity index (χ1v) is 4.34. The van der Waals surface area contributed by atoms with Gasteiger partial charge < -0.3 is 0 Å². The molecule has 0 aliphatic carbocycles. The maximum absolute atomic E-state index is 12.3. The normalized spacial score (nSPS) is 10.7. The SMILES string of the molecule is Cc1nc(C(F)F)cc(C(=O)Cl)c1Cl. The van der Waals surface area contributed by atoms with Gasteiger partial charge in [0.1, 0.15) is 5.69 Å². The first kappa shape index (κ1) is 11.3. The van der Waals surface area contributed by atoms with Crippen molar-refractivity contribution in [3.63, 3.8) is 0 Å². The third-order valence-electron chi connectivity index (χ3n) is 1.58. The van der Waals surface area contributed by atoms with E-state index in [1.807, 2.05) is 0 Å². The highest BCUT2D eigenvalue weighted by Gasteiger charge is 2.17. The molecule has 1 heterocycles. The second-order valence-electron chi connectivity index (χ2n) is 2.57. The minimum absolute atomic E-state index is 0.00870. The van der Waals surface area contributed by atoms with Gasteiger partial charge in [0, 0.05) is 0 Å². The minimum atomic E-state index is -2.75. The molecule has 0 saturated carbocycles. The van der Waals surface area contributed by atoms with Gasteiger partial charge in [0.2, 0.25) is 0 Å². The van der Waals surface area contributed by atoms with Crippen LogP contribution in [0.1, 0.15) is 28.2 Å². The summed E-state index contributed by atoms with van der Waals surface area (Å²) < 4.78 is 24.5. The van der Waals surface area contributed by atoms with Crippen LogP contribution in [0.3, 0.4) is 0 Å². The van der Waals surface area contributed by atoms with E-state index in [-0.39, 0.29) is 16.3 Å². The number of nitrogens with zero attached hydrogens (tertiary/aromatic N) is 1. The summed E-state index contributed by atoms with van der Waals surface area (Å²) in [6, 6.07) is 0.898. The molecular weight excluding hydrogens is 235 g/mol. The molecule has 0 N–H and O–H groups in total. The Morgan fingerprint density at radius 3 is 2.57 bits per heavy atom. The highest BCUT2D eigenvalue weighted by atomic mass is 35.5. The molecule has 14 heavy (non-hydrogen) atoms. The molecule has 0 bridgehead atoms. The predicted octanol–water partition coefficient (Wildman–Crippen LogP) is 3.36. The lowest BCUT2D eigenvalue weighted by Crippen LogP contribution is -2.00. The Hall–Kier alpha value is -0.740. The summed E-state index contributed by atoms with van der Waals surface area (Å²) in [5.74, 6) is 0. The summed E-state index contributed by atoms with van der Waals surface area (Å²) in [5.41, 5.74) is -0.486. The van der Waals surface area contributed by atoms with E-state index in [4.69, 9.17) is 23.2 Å². The fourth-order valence-electron chi connectivity index (χ4n) is 0.936. The van der Waals surface area contributed by atoms with Gasteiger partial charge in [-0.25, -0.2) is 8.78 Å². The molecule has 0 aliphatic rings. The highest BCUT2D eigenvalue weighted by Crippen LogP contribution is 2.26. The van der Waals surface area contributed by atoms with Gasteiger partial charge in [-0.15, -0.1) is 0 Å². The molecule has 1 aromatic heterocycles. The van der Waals surface area contributed by atoms with Gasteiger partial charge in [-0.05, 0) is 24.6 Å². The Morgan fingerprint density at radius 2 is 2.14 bits per heavy atom. The van der Waals surface area contributed by atoms with Crippen LogP contribution in [0, 0.1) is 6.92 Å². The average molecular weight is 240 g/mol. The van der Waals surface area contributed by atoms with Gasteiger partial charge in [0.25, 0.3) is 11.7 Å². The number of pyridine rings is 1. The third kappa shape index (κ3) is 2.19. The Kier molecular flexibility index (Phi) is 3.39. The van der Waals surface area contributed by atoms with Crippen molar-refractivity contribution in [2.24, 2.45) is 0 Å². The van der Waals surface area contributed by atoms with E-state index in [2.05, 4.69) is 4.98 Å². The summed E-state index contributed by atoms with van der Waals surface area (Å²) in [6.07, 6.45) is -2.75. The van der Waals surface area contributed by atoms with E-state index in [0.29, 0.717) is 0 Å². The smallest absolute Gasteiger partial charge is 0.276 e. The van der Waals surface area contributed by atoms with Crippen LogP contribution in [-0.4, -0.2) is 10.2 Å². The van der Waals surface area contributed by atoms with Crippen molar-refractivity contribution >= 4 is 28.4 Å². The van der Waals surface area contributed by atoms with Crippen molar-refractivity contribution in [2.45, 2.75) is 13.3 Å². The molecule has 0 fully saturated rings. The maximum atomic E-state index is 12.3. The predicted molar refractivity (Wildman–Crippen MR) is 49.1 cm³/mol. The molecule has 0 amide bonds. The molecule has 1 aromatic rings. The van der Waals surface area contributed by atoms with E-state index in [9.17, 15) is 13.6 Å². The number of carbonyl (C=O) groups excluding carboxylic acids is 1. The Bertz CT molecular complexity index is 382. The number of hydrogen-bond acceptors (Lipinski definition) is 2. The van der Waals surface area contributed by atoms with Crippen molar-refractivity contribution < 1.29 is 13.6 Å². The summed E-state index contributed by atoms with van der Waals surface area (Å²) in [4.78, 5) is 14.3. The van der Waals surface area contributed by atoms with Gasteiger partial charge in [0.05, 0.1) is 16.3 Å². The van der Waals surface area contributed by atoms with Crippen LogP contribution in [0.25, 0.3) is 0 Å². The fourth-order valence-corrected chi connectivity index (χ4v) is 1.32. The molecule has 0 saturated heterocycles. The van der Waals surface area contributed by atoms with Crippen LogP contribution in [-0.2, 0) is 0 Å². The number of carbonyl (C=O) groups is 1. The first-order valence-electron chi connectivity index (χ1n) is 3.58. The summed E-state index contributed by atoms with van der Waals surface area (Å²) >= 11 is 10.8. The van der Waals surface area contributed by atoms with Gasteiger partial charge in [-0.1, -0.05) is 11.6 Å². The maximum Gasteiger partial charge on any atom is 0.280 e. The number of rotatable bonds is 2. The number of aromatic nitrogens is 1. The Balaban J connectivity index is 3.35. The van der Waals surface area contributed by atoms with Gasteiger partial charge in [0.15, 0.2) is 0 Å². The summed E-state index contributed by atoms with van der Waals surface area (Å²) in [6.45, 7) is 1.43. The molecular formula is C8H5Cl2F2NO. The number of halogens is 4. The van der Waals surface area contributed by atoms with Gasteiger partial charge >= 0.3 is 0 Å². The largest absolute Gasteiger partial charge is 0.280 e. The fraction of sp³-hybridized carbons (Fsp3) is 0.250. The number of aryl methyl sites for hydroxylation is 1. The zero-order chi connectivity index (χ0) is 10.9. The monoisotopic (exact) mass is 239 g/mol. The van der Waals surface area contributed by atoms with Crippen LogP contribution >= 0.6 is 23.2 Å². The van der Waals surface area contributed by atoms with Crippen LogP contribution in [0.5, 0.6) is 0 Å². The molecule has 0 aliphatic heterocycles. The zero-order valence-electron chi connectivity index (χ0n) is 7.02. The third-order valence-corrected chi connectivity index (χ3v) is 2.26.